The molecule has 0 amide bonds. The predicted molar refractivity (Wildman–Crippen MR) is 91.9 cm³/mol. The van der Waals surface area contributed by atoms with Crippen LogP contribution in [0.4, 0.5) is 0 Å². The average Bonchev–Trinajstić information content (AvgIpc) is 2.42. The van der Waals surface area contributed by atoms with Crippen molar-refractivity contribution in [3.63, 3.8) is 0 Å². The molecule has 0 spiro atoms. The summed E-state index contributed by atoms with van der Waals surface area (Å²) in [6.45, 7) is 13.8. The van der Waals surface area contributed by atoms with E-state index >= 15 is 0 Å². The zero-order valence-electron chi connectivity index (χ0n) is 14.5. The molecule has 1 aromatic carbocycles. The molecule has 2 heteroatoms. The Hall–Kier alpha value is -0.860. The first-order valence-corrected chi connectivity index (χ1v) is 8.29. The van der Waals surface area contributed by atoms with Gasteiger partial charge in [-0.05, 0) is 70.5 Å². The van der Waals surface area contributed by atoms with Gasteiger partial charge in [-0.25, -0.2) is 0 Å². The first-order valence-electron chi connectivity index (χ1n) is 8.29. The van der Waals surface area contributed by atoms with Gasteiger partial charge < -0.3 is 10.1 Å². The summed E-state index contributed by atoms with van der Waals surface area (Å²) >= 11 is 0. The minimum Gasteiger partial charge on any atom is -0.381 e. The van der Waals surface area contributed by atoms with Crippen LogP contribution >= 0.6 is 0 Å². The second-order valence-electron chi connectivity index (χ2n) is 7.03. The quantitative estimate of drug-likeness (QED) is 0.683. The maximum atomic E-state index is 5.69. The number of rotatable bonds is 9. The summed E-state index contributed by atoms with van der Waals surface area (Å²) in [5.41, 5.74) is 3.04. The van der Waals surface area contributed by atoms with Gasteiger partial charge in [0.25, 0.3) is 0 Å². The SMILES string of the molecule is CCCOCCC(CNC(C)(C)C)Cc1ccccc1C. The molecule has 0 heterocycles. The van der Waals surface area contributed by atoms with Crippen LogP contribution in [0.5, 0.6) is 0 Å². The summed E-state index contributed by atoms with van der Waals surface area (Å²) in [5, 5.41) is 3.65. The topological polar surface area (TPSA) is 21.3 Å². The van der Waals surface area contributed by atoms with Crippen molar-refractivity contribution in [2.45, 2.75) is 59.4 Å². The van der Waals surface area contributed by atoms with Crippen molar-refractivity contribution in [3.8, 4) is 0 Å². The largest absolute Gasteiger partial charge is 0.381 e. The number of hydrogen-bond acceptors (Lipinski definition) is 2. The molecule has 0 saturated heterocycles. The Morgan fingerprint density at radius 2 is 1.86 bits per heavy atom. The fourth-order valence-electron chi connectivity index (χ4n) is 2.37. The molecule has 1 aromatic rings. The first kappa shape index (κ1) is 18.2. The lowest BCUT2D eigenvalue weighted by atomic mass is 9.93. The Morgan fingerprint density at radius 3 is 2.48 bits per heavy atom. The van der Waals surface area contributed by atoms with E-state index in [1.165, 1.54) is 11.1 Å². The van der Waals surface area contributed by atoms with Gasteiger partial charge in [-0.2, -0.15) is 0 Å². The van der Waals surface area contributed by atoms with Crippen LogP contribution in [-0.2, 0) is 11.2 Å². The highest BCUT2D eigenvalue weighted by Crippen LogP contribution is 2.16. The standard InChI is InChI=1S/C19H33NO/c1-6-12-21-13-11-17(15-20-19(3,4)5)14-18-10-8-7-9-16(18)2/h7-10,17,20H,6,11-15H2,1-5H3. The second kappa shape index (κ2) is 9.22. The molecule has 0 radical (unpaired) electrons. The zero-order chi connectivity index (χ0) is 15.7. The molecule has 1 N–H and O–H groups in total. The highest BCUT2D eigenvalue weighted by atomic mass is 16.5. The van der Waals surface area contributed by atoms with Crippen LogP contribution in [0.2, 0.25) is 0 Å². The van der Waals surface area contributed by atoms with E-state index in [-0.39, 0.29) is 5.54 Å². The lowest BCUT2D eigenvalue weighted by molar-refractivity contribution is 0.119. The van der Waals surface area contributed by atoms with E-state index in [1.54, 1.807) is 0 Å². The molecule has 0 aromatic heterocycles. The monoisotopic (exact) mass is 291 g/mol. The molecule has 0 aliphatic rings. The lowest BCUT2D eigenvalue weighted by Crippen LogP contribution is -2.39. The van der Waals surface area contributed by atoms with Gasteiger partial charge in [-0.3, -0.25) is 0 Å². The van der Waals surface area contributed by atoms with Gasteiger partial charge in [-0.1, -0.05) is 31.2 Å². The number of nitrogens with one attached hydrogen (secondary N) is 1. The minimum atomic E-state index is 0.175. The fourth-order valence-corrected chi connectivity index (χ4v) is 2.37. The smallest absolute Gasteiger partial charge is 0.0469 e. The Balaban J connectivity index is 2.56. The normalized spacial score (nSPS) is 13.4. The molecule has 120 valence electrons. The summed E-state index contributed by atoms with van der Waals surface area (Å²) < 4.78 is 5.69. The third-order valence-electron chi connectivity index (χ3n) is 3.71. The summed E-state index contributed by atoms with van der Waals surface area (Å²) in [7, 11) is 0. The van der Waals surface area contributed by atoms with Crippen molar-refractivity contribution in [3.05, 3.63) is 35.4 Å². The Labute approximate surface area is 131 Å². The number of hydrogen-bond donors (Lipinski definition) is 1. The fraction of sp³-hybridized carbons (Fsp3) is 0.684. The van der Waals surface area contributed by atoms with Crippen LogP contribution in [0, 0.1) is 12.8 Å². The van der Waals surface area contributed by atoms with Crippen molar-refractivity contribution in [2.24, 2.45) is 5.92 Å². The average molecular weight is 291 g/mol. The Kier molecular flexibility index (Phi) is 7.98. The third-order valence-corrected chi connectivity index (χ3v) is 3.71. The van der Waals surface area contributed by atoms with Crippen LogP contribution in [0.25, 0.3) is 0 Å². The Morgan fingerprint density at radius 1 is 1.14 bits per heavy atom. The summed E-state index contributed by atoms with van der Waals surface area (Å²) in [6, 6.07) is 8.72. The van der Waals surface area contributed by atoms with Gasteiger partial charge >= 0.3 is 0 Å². The molecule has 1 unspecified atom stereocenters. The van der Waals surface area contributed by atoms with Crippen molar-refractivity contribution in [2.75, 3.05) is 19.8 Å². The maximum absolute atomic E-state index is 5.69. The first-order chi connectivity index (χ1) is 9.92. The summed E-state index contributed by atoms with van der Waals surface area (Å²) in [5.74, 6) is 0.627. The van der Waals surface area contributed by atoms with Crippen LogP contribution < -0.4 is 5.32 Å². The lowest BCUT2D eigenvalue weighted by Gasteiger charge is -2.26. The number of aryl methyl sites for hydroxylation is 1. The van der Waals surface area contributed by atoms with Crippen molar-refractivity contribution in [1.82, 2.24) is 5.32 Å². The van der Waals surface area contributed by atoms with Gasteiger partial charge in [0.15, 0.2) is 0 Å². The third kappa shape index (κ3) is 8.23. The molecule has 1 atom stereocenters. The molecule has 0 aliphatic heterocycles. The summed E-state index contributed by atoms with van der Waals surface area (Å²) in [6.07, 6.45) is 3.35. The van der Waals surface area contributed by atoms with Gasteiger partial charge in [0, 0.05) is 18.8 Å². The van der Waals surface area contributed by atoms with Gasteiger partial charge in [0.1, 0.15) is 0 Å². The van der Waals surface area contributed by atoms with Gasteiger partial charge in [0.05, 0.1) is 0 Å². The molecular formula is C19H33NO. The van der Waals surface area contributed by atoms with Crippen molar-refractivity contribution < 1.29 is 4.74 Å². The maximum Gasteiger partial charge on any atom is 0.0469 e. The molecular weight excluding hydrogens is 258 g/mol. The van der Waals surface area contributed by atoms with Crippen LogP contribution in [0.15, 0.2) is 24.3 Å². The minimum absolute atomic E-state index is 0.175. The van der Waals surface area contributed by atoms with E-state index in [9.17, 15) is 0 Å². The van der Waals surface area contributed by atoms with Crippen molar-refractivity contribution >= 4 is 0 Å². The second-order valence-corrected chi connectivity index (χ2v) is 7.03. The molecule has 0 fully saturated rings. The molecule has 21 heavy (non-hydrogen) atoms. The van der Waals surface area contributed by atoms with E-state index in [1.807, 2.05) is 0 Å². The highest BCUT2D eigenvalue weighted by molar-refractivity contribution is 5.25. The van der Waals surface area contributed by atoms with Gasteiger partial charge in [0.2, 0.25) is 0 Å². The number of ether oxygens (including phenoxy) is 1. The van der Waals surface area contributed by atoms with E-state index in [0.717, 1.165) is 39.0 Å². The van der Waals surface area contributed by atoms with E-state index < -0.39 is 0 Å². The highest BCUT2D eigenvalue weighted by Gasteiger charge is 2.15. The van der Waals surface area contributed by atoms with Crippen LogP contribution in [0.3, 0.4) is 0 Å². The molecule has 0 aliphatic carbocycles. The molecule has 0 saturated carbocycles. The van der Waals surface area contributed by atoms with Gasteiger partial charge in [-0.15, -0.1) is 0 Å². The van der Waals surface area contributed by atoms with Crippen LogP contribution in [0.1, 0.15) is 51.7 Å². The van der Waals surface area contributed by atoms with Crippen LogP contribution in [-0.4, -0.2) is 25.3 Å². The molecule has 0 bridgehead atoms. The zero-order valence-corrected chi connectivity index (χ0v) is 14.5. The van der Waals surface area contributed by atoms with E-state index in [2.05, 4.69) is 64.2 Å². The van der Waals surface area contributed by atoms with Crippen molar-refractivity contribution in [1.29, 1.82) is 0 Å². The summed E-state index contributed by atoms with van der Waals surface area (Å²) in [4.78, 5) is 0. The number of benzene rings is 1. The predicted octanol–water partition coefficient (Wildman–Crippen LogP) is 4.36. The van der Waals surface area contributed by atoms with E-state index in [4.69, 9.17) is 4.74 Å². The Bertz CT molecular complexity index is 395. The molecule has 2 nitrogen and oxygen atoms in total. The van der Waals surface area contributed by atoms with E-state index in [0.29, 0.717) is 5.92 Å². The molecule has 1 rings (SSSR count).